The lowest BCUT2D eigenvalue weighted by Crippen LogP contribution is -2.43. The van der Waals surface area contributed by atoms with Gasteiger partial charge in [-0.3, -0.25) is 9.59 Å². The van der Waals surface area contributed by atoms with Crippen LogP contribution >= 0.6 is 0 Å². The molecule has 2 aromatic rings. The first-order chi connectivity index (χ1) is 14.6. The predicted octanol–water partition coefficient (Wildman–Crippen LogP) is 2.14. The van der Waals surface area contributed by atoms with Gasteiger partial charge in [0.15, 0.2) is 0 Å². The third-order valence-corrected chi connectivity index (χ3v) is 7.26. The fourth-order valence-electron chi connectivity index (χ4n) is 3.85. The normalized spacial score (nSPS) is 18.6. The van der Waals surface area contributed by atoms with E-state index in [4.69, 9.17) is 4.74 Å². The molecule has 1 aliphatic heterocycles. The number of aromatic nitrogens is 3. The van der Waals surface area contributed by atoms with E-state index in [1.54, 1.807) is 6.21 Å². The first-order valence-corrected chi connectivity index (χ1v) is 13.9. The van der Waals surface area contributed by atoms with Gasteiger partial charge in [0.1, 0.15) is 18.7 Å². The standard InChI is InChI=1S/C20H29N5O5Si/c1-31(2,3)7-6-30-13-25-5-4-15-18(21-12-22-19(15)25)20(10-23-24-11-20)14(8-16(26)27)9-17(28)29/h4-5,10,12,14,24H,6-9,11,13H2,1-3H3,(H,26,27)(H,28,29). The smallest absolute Gasteiger partial charge is 0.303 e. The van der Waals surface area contributed by atoms with Crippen LogP contribution in [0.2, 0.25) is 25.7 Å². The number of nitrogens with one attached hydrogen (secondary N) is 1. The van der Waals surface area contributed by atoms with E-state index in [-0.39, 0.29) is 19.4 Å². The number of carboxylic acids is 2. The van der Waals surface area contributed by atoms with Crippen LogP contribution in [0.3, 0.4) is 0 Å². The first-order valence-electron chi connectivity index (χ1n) is 10.2. The quantitative estimate of drug-likeness (QED) is 0.352. The molecule has 3 rings (SSSR count). The molecule has 31 heavy (non-hydrogen) atoms. The van der Waals surface area contributed by atoms with Crippen LogP contribution in [0.25, 0.3) is 11.0 Å². The van der Waals surface area contributed by atoms with Gasteiger partial charge in [0.25, 0.3) is 0 Å². The summed E-state index contributed by atoms with van der Waals surface area (Å²) in [4.78, 5) is 31.9. The van der Waals surface area contributed by atoms with Crippen molar-refractivity contribution in [3.8, 4) is 0 Å². The molecule has 1 unspecified atom stereocenters. The van der Waals surface area contributed by atoms with Crippen molar-refractivity contribution < 1.29 is 24.5 Å². The summed E-state index contributed by atoms with van der Waals surface area (Å²) in [5.74, 6) is -2.86. The number of rotatable bonds is 11. The fourth-order valence-corrected chi connectivity index (χ4v) is 4.61. The second kappa shape index (κ2) is 9.14. The monoisotopic (exact) mass is 447 g/mol. The minimum Gasteiger partial charge on any atom is -0.481 e. The molecule has 0 amide bonds. The Morgan fingerprint density at radius 1 is 1.26 bits per heavy atom. The number of ether oxygens (including phenoxy) is 1. The summed E-state index contributed by atoms with van der Waals surface area (Å²) in [5, 5.41) is 23.6. The lowest BCUT2D eigenvalue weighted by molar-refractivity contribution is -0.141. The minimum atomic E-state index is -1.19. The lowest BCUT2D eigenvalue weighted by atomic mass is 9.70. The summed E-state index contributed by atoms with van der Waals surface area (Å²) in [5.41, 5.74) is 3.12. The van der Waals surface area contributed by atoms with Gasteiger partial charge in [0.05, 0.1) is 24.0 Å². The number of hydrazone groups is 1. The van der Waals surface area contributed by atoms with Crippen molar-refractivity contribution in [2.24, 2.45) is 11.0 Å². The highest BCUT2D eigenvalue weighted by molar-refractivity contribution is 6.76. The Morgan fingerprint density at radius 3 is 2.55 bits per heavy atom. The second-order valence-corrected chi connectivity index (χ2v) is 14.7. The molecule has 0 bridgehead atoms. The highest BCUT2D eigenvalue weighted by Crippen LogP contribution is 2.39. The number of aliphatic carboxylic acids is 2. The average Bonchev–Trinajstić information content (AvgIpc) is 3.31. The Morgan fingerprint density at radius 2 is 1.97 bits per heavy atom. The Labute approximate surface area is 181 Å². The van der Waals surface area contributed by atoms with E-state index in [0.717, 1.165) is 11.4 Å². The highest BCUT2D eigenvalue weighted by atomic mass is 28.3. The van der Waals surface area contributed by atoms with Crippen LogP contribution in [-0.2, 0) is 26.5 Å². The van der Waals surface area contributed by atoms with Crippen LogP contribution in [0.4, 0.5) is 0 Å². The van der Waals surface area contributed by atoms with Gasteiger partial charge in [-0.1, -0.05) is 19.6 Å². The van der Waals surface area contributed by atoms with Crippen molar-refractivity contribution in [1.82, 2.24) is 20.0 Å². The van der Waals surface area contributed by atoms with Gasteiger partial charge in [0, 0.05) is 39.0 Å². The van der Waals surface area contributed by atoms with E-state index in [0.29, 0.717) is 24.7 Å². The van der Waals surface area contributed by atoms with Gasteiger partial charge in [0.2, 0.25) is 0 Å². The maximum atomic E-state index is 11.5. The number of hydrogen-bond donors (Lipinski definition) is 3. The molecule has 1 aliphatic rings. The van der Waals surface area contributed by atoms with E-state index in [9.17, 15) is 19.8 Å². The van der Waals surface area contributed by atoms with E-state index in [1.165, 1.54) is 6.33 Å². The van der Waals surface area contributed by atoms with E-state index in [2.05, 4.69) is 40.1 Å². The summed E-state index contributed by atoms with van der Waals surface area (Å²) < 4.78 is 7.72. The molecule has 0 aliphatic carbocycles. The molecule has 0 fully saturated rings. The first kappa shape index (κ1) is 22.9. The maximum Gasteiger partial charge on any atom is 0.303 e. The van der Waals surface area contributed by atoms with Crippen LogP contribution in [-0.4, -0.2) is 64.1 Å². The van der Waals surface area contributed by atoms with Crippen molar-refractivity contribution in [2.75, 3.05) is 13.2 Å². The Hall–Kier alpha value is -2.79. The zero-order chi connectivity index (χ0) is 22.6. The van der Waals surface area contributed by atoms with E-state index >= 15 is 0 Å². The zero-order valence-electron chi connectivity index (χ0n) is 18.0. The van der Waals surface area contributed by atoms with Gasteiger partial charge >= 0.3 is 11.9 Å². The van der Waals surface area contributed by atoms with Crippen molar-refractivity contribution >= 4 is 37.3 Å². The van der Waals surface area contributed by atoms with Gasteiger partial charge < -0.3 is 24.9 Å². The van der Waals surface area contributed by atoms with Gasteiger partial charge in [-0.25, -0.2) is 9.97 Å². The molecule has 11 heteroatoms. The summed E-state index contributed by atoms with van der Waals surface area (Å²) in [6.07, 6.45) is 4.24. The highest BCUT2D eigenvalue weighted by Gasteiger charge is 2.46. The van der Waals surface area contributed by atoms with E-state index in [1.807, 2.05) is 16.8 Å². The molecular weight excluding hydrogens is 418 g/mol. The molecule has 10 nitrogen and oxygen atoms in total. The van der Waals surface area contributed by atoms with Crippen LogP contribution in [0.5, 0.6) is 0 Å². The largest absolute Gasteiger partial charge is 0.481 e. The maximum absolute atomic E-state index is 11.5. The van der Waals surface area contributed by atoms with Crippen molar-refractivity contribution in [3.05, 3.63) is 24.3 Å². The molecule has 0 radical (unpaired) electrons. The second-order valence-electron chi connectivity index (χ2n) is 9.12. The van der Waals surface area contributed by atoms with Crippen molar-refractivity contribution in [3.63, 3.8) is 0 Å². The summed E-state index contributed by atoms with van der Waals surface area (Å²) >= 11 is 0. The molecule has 0 saturated carbocycles. The number of hydrogen-bond acceptors (Lipinski definition) is 7. The zero-order valence-corrected chi connectivity index (χ0v) is 19.0. The average molecular weight is 448 g/mol. The van der Waals surface area contributed by atoms with Gasteiger partial charge in [-0.15, -0.1) is 0 Å². The molecule has 3 heterocycles. The fraction of sp³-hybridized carbons (Fsp3) is 0.550. The number of carbonyl (C=O) groups is 2. The minimum absolute atomic E-state index is 0.266. The van der Waals surface area contributed by atoms with Crippen LogP contribution in [0.1, 0.15) is 18.5 Å². The molecule has 2 aromatic heterocycles. The third-order valence-electron chi connectivity index (χ3n) is 5.55. The molecule has 1 atom stereocenters. The molecular formula is C20H29N5O5Si. The summed E-state index contributed by atoms with van der Waals surface area (Å²) in [6.45, 7) is 8.17. The molecule has 0 spiro atoms. The van der Waals surface area contributed by atoms with E-state index < -0.39 is 31.3 Å². The third kappa shape index (κ3) is 5.28. The van der Waals surface area contributed by atoms with Crippen molar-refractivity contribution in [1.29, 1.82) is 0 Å². The summed E-state index contributed by atoms with van der Waals surface area (Å²) in [6, 6.07) is 2.92. The van der Waals surface area contributed by atoms with Gasteiger partial charge in [-0.2, -0.15) is 5.10 Å². The Kier molecular flexibility index (Phi) is 6.75. The number of fused-ring (bicyclic) bond motifs is 1. The van der Waals surface area contributed by atoms with Crippen LogP contribution < -0.4 is 5.43 Å². The predicted molar refractivity (Wildman–Crippen MR) is 118 cm³/mol. The molecule has 0 saturated heterocycles. The van der Waals surface area contributed by atoms with Crippen LogP contribution in [0, 0.1) is 5.92 Å². The Balaban J connectivity index is 1.94. The Bertz CT molecular complexity index is 970. The lowest BCUT2D eigenvalue weighted by Gasteiger charge is -2.32. The molecule has 3 N–H and O–H groups in total. The SMILES string of the molecule is C[Si](C)(C)CCOCn1ccc2c(C3(C(CC(=O)O)CC(=O)O)C=NNC3)ncnc21. The topological polar surface area (TPSA) is 139 Å². The summed E-state index contributed by atoms with van der Waals surface area (Å²) in [7, 11) is -1.19. The van der Waals surface area contributed by atoms with Gasteiger partial charge in [-0.05, 0) is 18.0 Å². The van der Waals surface area contributed by atoms with Crippen molar-refractivity contribution in [2.45, 2.75) is 50.7 Å². The molecule has 0 aromatic carbocycles. The number of nitrogens with zero attached hydrogens (tertiary/aromatic N) is 4. The number of carboxylic acid groups (broad SMARTS) is 2. The van der Waals surface area contributed by atoms with Crippen LogP contribution in [0.15, 0.2) is 23.7 Å². The molecule has 168 valence electrons.